The summed E-state index contributed by atoms with van der Waals surface area (Å²) in [6, 6.07) is 12.1. The van der Waals surface area contributed by atoms with E-state index in [9.17, 15) is 14.9 Å². The Morgan fingerprint density at radius 2 is 1.90 bits per heavy atom. The third kappa shape index (κ3) is 2.50. The lowest BCUT2D eigenvalue weighted by molar-refractivity contribution is -0.524. The van der Waals surface area contributed by atoms with Gasteiger partial charge in [0, 0.05) is 29.4 Å². The predicted molar refractivity (Wildman–Crippen MR) is 76.4 cm³/mol. The molecule has 0 spiro atoms. The van der Waals surface area contributed by atoms with Gasteiger partial charge in [0.15, 0.2) is 5.76 Å². The van der Waals surface area contributed by atoms with Crippen LogP contribution in [-0.2, 0) is 0 Å². The fourth-order valence-corrected chi connectivity index (χ4v) is 2.21. The molecule has 5 heteroatoms. The molecule has 1 aliphatic carbocycles. The van der Waals surface area contributed by atoms with Crippen molar-refractivity contribution in [3.05, 3.63) is 76.2 Å². The first-order chi connectivity index (χ1) is 10.1. The Kier molecular flexibility index (Phi) is 3.17. The van der Waals surface area contributed by atoms with Crippen LogP contribution in [0.5, 0.6) is 0 Å². The van der Waals surface area contributed by atoms with E-state index < -0.39 is 5.54 Å². The minimum Gasteiger partial charge on any atom is -0.461 e. The Morgan fingerprint density at radius 3 is 2.43 bits per heavy atom. The van der Waals surface area contributed by atoms with E-state index in [0.717, 1.165) is 0 Å². The average molecular weight is 283 g/mol. The number of ketones is 1. The Morgan fingerprint density at radius 1 is 1.19 bits per heavy atom. The lowest BCUT2D eigenvalue weighted by Gasteiger charge is -2.08. The van der Waals surface area contributed by atoms with Crippen molar-refractivity contribution < 1.29 is 14.1 Å². The SMILES string of the molecule is O=C(/C(=C/C1([N+](=O)[O-])CC1)c1ccccc1)c1ccco1. The number of carbonyl (C=O) groups excluding carboxylic acids is 1. The van der Waals surface area contributed by atoms with Crippen molar-refractivity contribution >= 4 is 11.4 Å². The molecule has 2 aromatic rings. The summed E-state index contributed by atoms with van der Waals surface area (Å²) in [4.78, 5) is 23.4. The summed E-state index contributed by atoms with van der Waals surface area (Å²) < 4.78 is 5.13. The van der Waals surface area contributed by atoms with Crippen molar-refractivity contribution in [3.63, 3.8) is 0 Å². The van der Waals surface area contributed by atoms with E-state index in [0.29, 0.717) is 24.0 Å². The zero-order chi connectivity index (χ0) is 14.9. The first-order valence-corrected chi connectivity index (χ1v) is 6.63. The van der Waals surface area contributed by atoms with Gasteiger partial charge in [-0.3, -0.25) is 14.9 Å². The van der Waals surface area contributed by atoms with Crippen LogP contribution in [0, 0.1) is 10.1 Å². The second-order valence-corrected chi connectivity index (χ2v) is 5.09. The van der Waals surface area contributed by atoms with Gasteiger partial charge in [-0.2, -0.15) is 0 Å². The van der Waals surface area contributed by atoms with E-state index >= 15 is 0 Å². The van der Waals surface area contributed by atoms with Crippen molar-refractivity contribution in [2.45, 2.75) is 18.4 Å². The van der Waals surface area contributed by atoms with Crippen LogP contribution in [0.1, 0.15) is 29.0 Å². The van der Waals surface area contributed by atoms with Crippen LogP contribution in [0.2, 0.25) is 0 Å². The van der Waals surface area contributed by atoms with E-state index in [-0.39, 0.29) is 16.5 Å². The van der Waals surface area contributed by atoms with Crippen LogP contribution < -0.4 is 0 Å². The molecule has 5 nitrogen and oxygen atoms in total. The largest absolute Gasteiger partial charge is 0.461 e. The first-order valence-electron chi connectivity index (χ1n) is 6.63. The molecule has 1 fully saturated rings. The maximum Gasteiger partial charge on any atom is 0.241 e. The maximum absolute atomic E-state index is 12.5. The first kappa shape index (κ1) is 13.3. The Balaban J connectivity index is 2.06. The number of carbonyl (C=O) groups is 1. The molecule has 0 N–H and O–H groups in total. The van der Waals surface area contributed by atoms with Crippen LogP contribution in [0.4, 0.5) is 0 Å². The molecule has 0 amide bonds. The van der Waals surface area contributed by atoms with E-state index in [4.69, 9.17) is 4.42 Å². The normalized spacial score (nSPS) is 16.5. The van der Waals surface area contributed by atoms with Gasteiger partial charge in [-0.05, 0) is 17.7 Å². The number of allylic oxidation sites excluding steroid dienone is 1. The molecule has 1 aromatic carbocycles. The molecule has 0 unspecified atom stereocenters. The smallest absolute Gasteiger partial charge is 0.241 e. The molecule has 3 rings (SSSR count). The van der Waals surface area contributed by atoms with E-state index in [2.05, 4.69) is 0 Å². The highest BCUT2D eigenvalue weighted by Gasteiger charge is 2.54. The van der Waals surface area contributed by atoms with E-state index in [1.165, 1.54) is 12.3 Å². The topological polar surface area (TPSA) is 73.3 Å². The Hall–Kier alpha value is -2.69. The summed E-state index contributed by atoms with van der Waals surface area (Å²) in [5, 5.41) is 11.2. The summed E-state index contributed by atoms with van der Waals surface area (Å²) >= 11 is 0. The van der Waals surface area contributed by atoms with Crippen LogP contribution in [-0.4, -0.2) is 16.2 Å². The lowest BCUT2D eigenvalue weighted by Crippen LogP contribution is -2.19. The monoisotopic (exact) mass is 283 g/mol. The molecular weight excluding hydrogens is 270 g/mol. The number of benzene rings is 1. The van der Waals surface area contributed by atoms with Crippen molar-refractivity contribution in [1.29, 1.82) is 0 Å². The molecule has 0 saturated heterocycles. The molecule has 0 bridgehead atoms. The molecule has 106 valence electrons. The second-order valence-electron chi connectivity index (χ2n) is 5.09. The van der Waals surface area contributed by atoms with Crippen molar-refractivity contribution in [1.82, 2.24) is 0 Å². The van der Waals surface area contributed by atoms with Gasteiger partial charge >= 0.3 is 0 Å². The molecule has 1 saturated carbocycles. The third-order valence-electron chi connectivity index (χ3n) is 3.61. The third-order valence-corrected chi connectivity index (χ3v) is 3.61. The number of furan rings is 1. The Labute approximate surface area is 121 Å². The standard InChI is InChI=1S/C16H13NO4/c18-15(14-7-4-10-21-14)13(12-5-2-1-3-6-12)11-16(8-9-16)17(19)20/h1-7,10-11H,8-9H2/b13-11+. The highest BCUT2D eigenvalue weighted by atomic mass is 16.6. The summed E-state index contributed by atoms with van der Waals surface area (Å²) in [6.07, 6.45) is 3.81. The van der Waals surface area contributed by atoms with Gasteiger partial charge in [0.1, 0.15) is 0 Å². The van der Waals surface area contributed by atoms with Gasteiger partial charge in [0.05, 0.1) is 6.26 Å². The van der Waals surface area contributed by atoms with E-state index in [1.807, 2.05) is 6.07 Å². The van der Waals surface area contributed by atoms with Crippen molar-refractivity contribution in [3.8, 4) is 0 Å². The van der Waals surface area contributed by atoms with Gasteiger partial charge < -0.3 is 4.42 Å². The predicted octanol–water partition coefficient (Wildman–Crippen LogP) is 3.36. The quantitative estimate of drug-likeness (QED) is 0.365. The zero-order valence-electron chi connectivity index (χ0n) is 11.2. The number of nitro groups is 1. The highest BCUT2D eigenvalue weighted by Crippen LogP contribution is 2.42. The number of nitrogens with zero attached hydrogens (tertiary/aromatic N) is 1. The van der Waals surface area contributed by atoms with E-state index in [1.54, 1.807) is 36.4 Å². The average Bonchev–Trinajstić information content (AvgIpc) is 3.09. The van der Waals surface area contributed by atoms with Crippen molar-refractivity contribution in [2.24, 2.45) is 0 Å². The summed E-state index contributed by atoms with van der Waals surface area (Å²) in [6.45, 7) is 0. The number of Topliss-reactive ketones (excluding diaryl/α,β-unsaturated/α-hetero) is 1. The number of hydrogen-bond donors (Lipinski definition) is 0. The van der Waals surface area contributed by atoms with Crippen LogP contribution >= 0.6 is 0 Å². The van der Waals surface area contributed by atoms with Crippen LogP contribution in [0.15, 0.2) is 59.2 Å². The highest BCUT2D eigenvalue weighted by molar-refractivity contribution is 6.28. The molecule has 21 heavy (non-hydrogen) atoms. The minimum absolute atomic E-state index is 0.184. The van der Waals surface area contributed by atoms with Gasteiger partial charge in [-0.15, -0.1) is 0 Å². The zero-order valence-corrected chi connectivity index (χ0v) is 11.2. The molecule has 1 aliphatic rings. The van der Waals surface area contributed by atoms with Gasteiger partial charge in [0.2, 0.25) is 11.3 Å². The lowest BCUT2D eigenvalue weighted by atomic mass is 9.97. The second kappa shape index (κ2) is 5.01. The van der Waals surface area contributed by atoms with Crippen LogP contribution in [0.3, 0.4) is 0 Å². The molecule has 1 heterocycles. The summed E-state index contributed by atoms with van der Waals surface area (Å²) in [5.41, 5.74) is -0.125. The fraction of sp³-hybridized carbons (Fsp3) is 0.188. The summed E-state index contributed by atoms with van der Waals surface area (Å²) in [7, 11) is 0. The number of rotatable bonds is 5. The molecular formula is C16H13NO4. The molecule has 0 atom stereocenters. The van der Waals surface area contributed by atoms with Crippen molar-refractivity contribution in [2.75, 3.05) is 0 Å². The maximum atomic E-state index is 12.5. The van der Waals surface area contributed by atoms with Gasteiger partial charge in [0.25, 0.3) is 0 Å². The minimum atomic E-state index is -1.10. The van der Waals surface area contributed by atoms with Gasteiger partial charge in [-0.1, -0.05) is 30.3 Å². The van der Waals surface area contributed by atoms with Gasteiger partial charge in [-0.25, -0.2) is 0 Å². The molecule has 0 radical (unpaired) electrons. The Bertz CT molecular complexity index is 697. The fourth-order valence-electron chi connectivity index (χ4n) is 2.21. The number of hydrogen-bond acceptors (Lipinski definition) is 4. The molecule has 0 aliphatic heterocycles. The molecule has 1 aromatic heterocycles. The summed E-state index contributed by atoms with van der Waals surface area (Å²) in [5.74, 6) is -0.149. The van der Waals surface area contributed by atoms with Crippen LogP contribution in [0.25, 0.3) is 5.57 Å².